The van der Waals surface area contributed by atoms with Crippen LogP contribution in [0.4, 0.5) is 5.69 Å². The Labute approximate surface area is 381 Å². The van der Waals surface area contributed by atoms with Gasteiger partial charge in [-0.2, -0.15) is 0 Å². The fourth-order valence-corrected chi connectivity index (χ4v) is 9.39. The van der Waals surface area contributed by atoms with Crippen molar-refractivity contribution in [2.24, 2.45) is 0 Å². The predicted molar refractivity (Wildman–Crippen MR) is 252 cm³/mol. The molecule has 2 unspecified atom stereocenters. The first kappa shape index (κ1) is 44.0. The maximum absolute atomic E-state index is 13.8. The van der Waals surface area contributed by atoms with Gasteiger partial charge in [-0.25, -0.2) is 18.0 Å². The van der Waals surface area contributed by atoms with Crippen LogP contribution in [0.15, 0.2) is 138 Å². The third kappa shape index (κ3) is 9.17. The monoisotopic (exact) mass is 911 g/mol. The summed E-state index contributed by atoms with van der Waals surface area (Å²) in [7, 11) is -3.32. The van der Waals surface area contributed by atoms with Gasteiger partial charge < -0.3 is 47.9 Å². The van der Waals surface area contributed by atoms with E-state index in [9.17, 15) is 28.2 Å². The number of ether oxygens (including phenoxy) is 5. The zero-order valence-electron chi connectivity index (χ0n) is 36.2. The lowest BCUT2D eigenvalue weighted by molar-refractivity contribution is -0.151. The van der Waals surface area contributed by atoms with Crippen LogP contribution in [-0.4, -0.2) is 98.7 Å². The van der Waals surface area contributed by atoms with Crippen molar-refractivity contribution in [3.63, 3.8) is 0 Å². The first-order valence-electron chi connectivity index (χ1n) is 21.8. The lowest BCUT2D eigenvalue weighted by atomic mass is 10.1. The molecule has 1 saturated heterocycles. The molecule has 15 heteroatoms. The second kappa shape index (κ2) is 19.1. The van der Waals surface area contributed by atoms with E-state index in [-0.39, 0.29) is 11.5 Å². The molecule has 0 radical (unpaired) electrons. The van der Waals surface area contributed by atoms with Crippen LogP contribution < -0.4 is 23.8 Å². The zero-order valence-corrected chi connectivity index (χ0v) is 37.1. The maximum atomic E-state index is 13.8. The number of hydrogen-bond donors (Lipinski definition) is 2. The molecule has 340 valence electrons. The normalized spacial score (nSPS) is 14.1. The number of sulfone groups is 1. The van der Waals surface area contributed by atoms with Crippen LogP contribution in [0, 0.1) is 0 Å². The molecule has 1 aliphatic heterocycles. The number of benzene rings is 6. The highest BCUT2D eigenvalue weighted by Gasteiger charge is 2.40. The Hall–Kier alpha value is -7.23. The topological polar surface area (TPSA) is 168 Å². The van der Waals surface area contributed by atoms with Crippen molar-refractivity contribution in [3.8, 4) is 23.0 Å². The molecule has 9 rings (SSSR count). The quantitative estimate of drug-likeness (QED) is 0.0742. The summed E-state index contributed by atoms with van der Waals surface area (Å²) in [6, 6.07) is 36.6. The second-order valence-electron chi connectivity index (χ2n) is 16.1. The third-order valence-electron chi connectivity index (χ3n) is 11.8. The van der Waals surface area contributed by atoms with Gasteiger partial charge in [0.25, 0.3) is 0 Å². The van der Waals surface area contributed by atoms with E-state index in [4.69, 9.17) is 23.7 Å². The van der Waals surface area contributed by atoms with Gasteiger partial charge in [0.15, 0.2) is 21.9 Å². The van der Waals surface area contributed by atoms with Gasteiger partial charge in [0.2, 0.25) is 0 Å². The van der Waals surface area contributed by atoms with E-state index in [0.717, 1.165) is 52.3 Å². The molecule has 1 fully saturated rings. The minimum Gasteiger partial charge on any atom is -0.493 e. The van der Waals surface area contributed by atoms with Crippen LogP contribution in [0.3, 0.4) is 0 Å². The van der Waals surface area contributed by atoms with Crippen LogP contribution in [0.1, 0.15) is 24.9 Å². The maximum Gasteiger partial charge on any atom is 0.329 e. The van der Waals surface area contributed by atoms with Crippen LogP contribution in [0.5, 0.6) is 23.0 Å². The Bertz CT molecular complexity index is 3160. The van der Waals surface area contributed by atoms with Crippen molar-refractivity contribution in [2.45, 2.75) is 29.8 Å². The van der Waals surface area contributed by atoms with Crippen molar-refractivity contribution in [1.29, 1.82) is 0 Å². The van der Waals surface area contributed by atoms with Gasteiger partial charge in [-0.05, 0) is 72.8 Å². The number of carboxylic acids is 2. The van der Waals surface area contributed by atoms with E-state index < -0.39 is 33.9 Å². The SMILES string of the molecule is CS(=O)(=O)c1ccc(OCCCOc2ccc3c4ccccc4n(C(C(=O)O)C(C(=O)O)n4c5ccccc5c5ccc(OCCCOc6cccc(N7CCOCC7)c6)cc54)c3c2)cc1. The summed E-state index contributed by atoms with van der Waals surface area (Å²) < 4.78 is 56.6. The van der Waals surface area contributed by atoms with Crippen LogP contribution in [0.25, 0.3) is 43.6 Å². The lowest BCUT2D eigenvalue weighted by Crippen LogP contribution is -2.36. The largest absolute Gasteiger partial charge is 0.493 e. The standard InChI is InChI=1S/C51H49N3O11S/c1-66(59,60)39-19-15-35(16-20-39)62-25-7-27-64-37-17-21-42-40-11-2-4-13-44(40)53(46(42)32-37)48(50(55)56)49(51(57)58)54-45-14-5-3-12-41(45)43-22-18-38(33-47(43)54)65-28-8-26-63-36-10-6-9-34(31-36)52-23-29-61-30-24-52/h2-6,9-22,31-33,48-49H,7-8,23-30H2,1H3,(H,55,56)(H,57,58). The average molecular weight is 912 g/mol. The summed E-state index contributed by atoms with van der Waals surface area (Å²) in [5.41, 5.74) is 3.22. The number of carboxylic acid groups (broad SMARTS) is 2. The van der Waals surface area contributed by atoms with Gasteiger partial charge in [0.1, 0.15) is 23.0 Å². The smallest absolute Gasteiger partial charge is 0.329 e. The van der Waals surface area contributed by atoms with Crippen LogP contribution >= 0.6 is 0 Å². The molecule has 8 aromatic rings. The Morgan fingerprint density at radius 3 is 1.47 bits per heavy atom. The highest BCUT2D eigenvalue weighted by Crippen LogP contribution is 2.42. The molecular formula is C51H49N3O11S. The molecule has 2 atom stereocenters. The fourth-order valence-electron chi connectivity index (χ4n) is 8.76. The molecule has 6 aromatic carbocycles. The first-order valence-corrected chi connectivity index (χ1v) is 23.7. The molecule has 2 N–H and O–H groups in total. The molecule has 0 saturated carbocycles. The molecule has 3 heterocycles. The molecule has 2 aromatic heterocycles. The molecule has 66 heavy (non-hydrogen) atoms. The van der Waals surface area contributed by atoms with E-state index in [1.54, 1.807) is 51.6 Å². The van der Waals surface area contributed by atoms with Gasteiger partial charge in [-0.3, -0.25) is 0 Å². The van der Waals surface area contributed by atoms with Crippen molar-refractivity contribution in [1.82, 2.24) is 9.13 Å². The second-order valence-corrected chi connectivity index (χ2v) is 18.2. The predicted octanol–water partition coefficient (Wildman–Crippen LogP) is 8.79. The third-order valence-corrected chi connectivity index (χ3v) is 13.0. The van der Waals surface area contributed by atoms with Gasteiger partial charge in [-0.15, -0.1) is 0 Å². The van der Waals surface area contributed by atoms with E-state index in [1.807, 2.05) is 72.8 Å². The molecule has 0 spiro atoms. The Kier molecular flexibility index (Phi) is 12.7. The van der Waals surface area contributed by atoms with Crippen LogP contribution in [0.2, 0.25) is 0 Å². The first-order chi connectivity index (χ1) is 32.0. The fraction of sp³-hybridized carbons (Fsp3) is 0.255. The van der Waals surface area contributed by atoms with Gasteiger partial charge in [-0.1, -0.05) is 42.5 Å². The van der Waals surface area contributed by atoms with Gasteiger partial charge >= 0.3 is 11.9 Å². The summed E-state index contributed by atoms with van der Waals surface area (Å²) in [5, 5.41) is 25.5. The molecule has 0 bridgehead atoms. The van der Waals surface area contributed by atoms with E-state index in [2.05, 4.69) is 11.0 Å². The molecule has 14 nitrogen and oxygen atoms in total. The summed E-state index contributed by atoms with van der Waals surface area (Å²) in [6.45, 7) is 4.36. The Morgan fingerprint density at radius 2 is 0.985 bits per heavy atom. The number of nitrogens with zero attached hydrogens (tertiary/aromatic N) is 3. The Balaban J connectivity index is 0.973. The summed E-state index contributed by atoms with van der Waals surface area (Å²) in [4.78, 5) is 30.0. The number of anilines is 1. The number of fused-ring (bicyclic) bond motifs is 6. The highest BCUT2D eigenvalue weighted by atomic mass is 32.2. The number of aromatic nitrogens is 2. The van der Waals surface area contributed by atoms with Crippen LogP contribution in [-0.2, 0) is 24.2 Å². The summed E-state index contributed by atoms with van der Waals surface area (Å²) in [6.07, 6.45) is 2.22. The summed E-state index contributed by atoms with van der Waals surface area (Å²) >= 11 is 0. The van der Waals surface area contributed by atoms with E-state index in [1.165, 1.54) is 12.1 Å². The molecule has 1 aliphatic rings. The number of aliphatic carboxylic acids is 2. The van der Waals surface area contributed by atoms with Crippen molar-refractivity contribution < 1.29 is 51.9 Å². The minimum absolute atomic E-state index is 0.205. The zero-order chi connectivity index (χ0) is 45.8. The van der Waals surface area contributed by atoms with E-state index >= 15 is 0 Å². The van der Waals surface area contributed by atoms with E-state index in [0.29, 0.717) is 85.2 Å². The molecule has 0 aliphatic carbocycles. The number of para-hydroxylation sites is 2. The summed E-state index contributed by atoms with van der Waals surface area (Å²) in [5.74, 6) is -0.389. The highest BCUT2D eigenvalue weighted by molar-refractivity contribution is 7.90. The van der Waals surface area contributed by atoms with Crippen molar-refractivity contribution >= 4 is 71.1 Å². The number of rotatable bonds is 19. The molecular weight excluding hydrogens is 863 g/mol. The number of hydrogen-bond acceptors (Lipinski definition) is 10. The van der Waals surface area contributed by atoms with Gasteiger partial charge in [0.05, 0.1) is 66.6 Å². The van der Waals surface area contributed by atoms with Crippen molar-refractivity contribution in [3.05, 3.63) is 133 Å². The van der Waals surface area contributed by atoms with Crippen molar-refractivity contribution in [2.75, 3.05) is 63.9 Å². The average Bonchev–Trinajstić information content (AvgIpc) is 3.82. The van der Waals surface area contributed by atoms with Gasteiger partial charge in [0, 0.05) is 77.6 Å². The minimum atomic E-state index is -3.32. The Morgan fingerprint density at radius 1 is 0.545 bits per heavy atom. The number of morpholine rings is 1. The number of carbonyl (C=O) groups is 2. The lowest BCUT2D eigenvalue weighted by Gasteiger charge is -2.29. The molecule has 0 amide bonds.